The number of hydrogen-bond donors (Lipinski definition) is 0. The van der Waals surface area contributed by atoms with Crippen molar-refractivity contribution in [1.82, 2.24) is 24.6 Å². The molecule has 0 fully saturated rings. The first kappa shape index (κ1) is 15.6. The first-order valence-corrected chi connectivity index (χ1v) is 8.13. The lowest BCUT2D eigenvalue weighted by atomic mass is 10.1. The zero-order valence-electron chi connectivity index (χ0n) is 13.9. The van der Waals surface area contributed by atoms with Crippen LogP contribution in [0.3, 0.4) is 0 Å². The van der Waals surface area contributed by atoms with Gasteiger partial charge in [-0.05, 0) is 12.0 Å². The molecule has 3 rings (SSSR count). The Kier molecular flexibility index (Phi) is 4.41. The van der Waals surface area contributed by atoms with Gasteiger partial charge in [0, 0.05) is 37.1 Å². The van der Waals surface area contributed by atoms with Gasteiger partial charge in [0.05, 0.1) is 24.7 Å². The van der Waals surface area contributed by atoms with Crippen LogP contribution in [-0.4, -0.2) is 30.6 Å². The van der Waals surface area contributed by atoms with Gasteiger partial charge < -0.3 is 4.90 Å². The van der Waals surface area contributed by atoms with Gasteiger partial charge in [0.1, 0.15) is 5.82 Å². The Balaban J connectivity index is 1.65. The SMILES string of the molecule is CC(C)Cc1ncc2c(n1)CN(C(=O)[C@@H](C)Cn1cccn1)C2. The summed E-state index contributed by atoms with van der Waals surface area (Å²) in [7, 11) is 0. The number of amides is 1. The molecule has 2 aromatic heterocycles. The lowest BCUT2D eigenvalue weighted by Gasteiger charge is -2.20. The van der Waals surface area contributed by atoms with Crippen LogP contribution in [-0.2, 0) is 30.8 Å². The molecule has 0 unspecified atom stereocenters. The molecule has 1 atom stereocenters. The number of nitrogens with zero attached hydrogens (tertiary/aromatic N) is 5. The second kappa shape index (κ2) is 6.48. The summed E-state index contributed by atoms with van der Waals surface area (Å²) in [6, 6.07) is 1.87. The van der Waals surface area contributed by atoms with Crippen molar-refractivity contribution in [3.8, 4) is 0 Å². The van der Waals surface area contributed by atoms with Crippen molar-refractivity contribution in [1.29, 1.82) is 0 Å². The van der Waals surface area contributed by atoms with E-state index in [-0.39, 0.29) is 11.8 Å². The average Bonchev–Trinajstić information content (AvgIpc) is 3.14. The van der Waals surface area contributed by atoms with Crippen LogP contribution in [0.1, 0.15) is 37.9 Å². The van der Waals surface area contributed by atoms with Gasteiger partial charge in [-0.1, -0.05) is 20.8 Å². The molecule has 1 aliphatic heterocycles. The molecule has 1 aliphatic rings. The Labute approximate surface area is 136 Å². The van der Waals surface area contributed by atoms with Gasteiger partial charge in [-0.3, -0.25) is 9.48 Å². The van der Waals surface area contributed by atoms with Crippen LogP contribution in [0.2, 0.25) is 0 Å². The van der Waals surface area contributed by atoms with Crippen LogP contribution in [0.15, 0.2) is 24.7 Å². The highest BCUT2D eigenvalue weighted by Crippen LogP contribution is 2.23. The summed E-state index contributed by atoms with van der Waals surface area (Å²) in [5.74, 6) is 1.44. The minimum atomic E-state index is -0.104. The molecule has 0 aromatic carbocycles. The Morgan fingerprint density at radius 3 is 2.83 bits per heavy atom. The molecule has 23 heavy (non-hydrogen) atoms. The van der Waals surface area contributed by atoms with Crippen molar-refractivity contribution in [2.45, 2.75) is 46.8 Å². The Morgan fingerprint density at radius 1 is 1.30 bits per heavy atom. The maximum Gasteiger partial charge on any atom is 0.227 e. The van der Waals surface area contributed by atoms with E-state index in [0.29, 0.717) is 25.6 Å². The van der Waals surface area contributed by atoms with E-state index in [9.17, 15) is 4.79 Å². The van der Waals surface area contributed by atoms with E-state index in [4.69, 9.17) is 0 Å². The predicted octanol–water partition coefficient (Wildman–Crippen LogP) is 2.05. The number of fused-ring (bicyclic) bond motifs is 1. The topological polar surface area (TPSA) is 63.9 Å². The molecule has 0 bridgehead atoms. The summed E-state index contributed by atoms with van der Waals surface area (Å²) in [6.45, 7) is 8.06. The molecule has 0 saturated heterocycles. The number of rotatable bonds is 5. The van der Waals surface area contributed by atoms with Crippen LogP contribution in [0.5, 0.6) is 0 Å². The van der Waals surface area contributed by atoms with Gasteiger partial charge >= 0.3 is 0 Å². The van der Waals surface area contributed by atoms with Crippen molar-refractivity contribution in [3.05, 3.63) is 41.7 Å². The van der Waals surface area contributed by atoms with Gasteiger partial charge in [-0.25, -0.2) is 9.97 Å². The highest BCUT2D eigenvalue weighted by Gasteiger charge is 2.28. The number of carbonyl (C=O) groups is 1. The third kappa shape index (κ3) is 3.57. The van der Waals surface area contributed by atoms with Crippen molar-refractivity contribution < 1.29 is 4.79 Å². The van der Waals surface area contributed by atoms with Gasteiger partial charge in [-0.2, -0.15) is 5.10 Å². The molecule has 122 valence electrons. The summed E-state index contributed by atoms with van der Waals surface area (Å²) >= 11 is 0. The van der Waals surface area contributed by atoms with Crippen LogP contribution < -0.4 is 0 Å². The number of hydrogen-bond acceptors (Lipinski definition) is 4. The van der Waals surface area contributed by atoms with E-state index in [1.54, 1.807) is 10.9 Å². The second-order valence-corrected chi connectivity index (χ2v) is 6.68. The van der Waals surface area contributed by atoms with Gasteiger partial charge in [0.15, 0.2) is 0 Å². The van der Waals surface area contributed by atoms with Gasteiger partial charge in [-0.15, -0.1) is 0 Å². The first-order valence-electron chi connectivity index (χ1n) is 8.13. The van der Waals surface area contributed by atoms with E-state index >= 15 is 0 Å². The minimum Gasteiger partial charge on any atom is -0.332 e. The van der Waals surface area contributed by atoms with Crippen LogP contribution in [0.25, 0.3) is 0 Å². The smallest absolute Gasteiger partial charge is 0.227 e. The second-order valence-electron chi connectivity index (χ2n) is 6.68. The van der Waals surface area contributed by atoms with Crippen molar-refractivity contribution in [2.24, 2.45) is 11.8 Å². The van der Waals surface area contributed by atoms with E-state index in [1.807, 2.05) is 30.3 Å². The summed E-state index contributed by atoms with van der Waals surface area (Å²) < 4.78 is 1.80. The molecule has 6 heteroatoms. The standard InChI is InChI=1S/C17H23N5O/c1-12(2)7-16-18-8-14-10-21(11-15(14)20-16)17(23)13(3)9-22-6-4-5-19-22/h4-6,8,12-13H,7,9-11H2,1-3H3/t13-/m0/s1. The molecular weight excluding hydrogens is 290 g/mol. The minimum absolute atomic E-state index is 0.104. The molecular formula is C17H23N5O. The summed E-state index contributed by atoms with van der Waals surface area (Å²) in [4.78, 5) is 23.6. The van der Waals surface area contributed by atoms with Gasteiger partial charge in [0.2, 0.25) is 5.91 Å². The molecule has 0 saturated carbocycles. The molecule has 1 amide bonds. The maximum absolute atomic E-state index is 12.6. The lowest BCUT2D eigenvalue weighted by Crippen LogP contribution is -2.32. The Hall–Kier alpha value is -2.24. The Bertz CT molecular complexity index is 680. The summed E-state index contributed by atoms with van der Waals surface area (Å²) in [5, 5.41) is 4.17. The quantitative estimate of drug-likeness (QED) is 0.847. The monoisotopic (exact) mass is 313 g/mol. The van der Waals surface area contributed by atoms with Crippen molar-refractivity contribution in [2.75, 3.05) is 0 Å². The average molecular weight is 313 g/mol. The fourth-order valence-electron chi connectivity index (χ4n) is 2.89. The van der Waals surface area contributed by atoms with E-state index in [0.717, 1.165) is 23.5 Å². The zero-order chi connectivity index (χ0) is 16.4. The largest absolute Gasteiger partial charge is 0.332 e. The third-order valence-electron chi connectivity index (χ3n) is 4.05. The summed E-state index contributed by atoms with van der Waals surface area (Å²) in [6.07, 6.45) is 6.36. The Morgan fingerprint density at radius 2 is 2.13 bits per heavy atom. The fraction of sp³-hybridized carbons (Fsp3) is 0.529. The highest BCUT2D eigenvalue weighted by atomic mass is 16.2. The fourth-order valence-corrected chi connectivity index (χ4v) is 2.89. The molecule has 0 spiro atoms. The lowest BCUT2D eigenvalue weighted by molar-refractivity contribution is -0.136. The number of carbonyl (C=O) groups excluding carboxylic acids is 1. The third-order valence-corrected chi connectivity index (χ3v) is 4.05. The molecule has 0 radical (unpaired) electrons. The van der Waals surface area contributed by atoms with E-state index < -0.39 is 0 Å². The molecule has 0 aliphatic carbocycles. The molecule has 6 nitrogen and oxygen atoms in total. The van der Waals surface area contributed by atoms with E-state index in [1.165, 1.54) is 0 Å². The molecule has 3 heterocycles. The van der Waals surface area contributed by atoms with Crippen molar-refractivity contribution in [3.63, 3.8) is 0 Å². The van der Waals surface area contributed by atoms with Crippen LogP contribution in [0, 0.1) is 11.8 Å². The highest BCUT2D eigenvalue weighted by molar-refractivity contribution is 5.79. The van der Waals surface area contributed by atoms with Crippen LogP contribution in [0.4, 0.5) is 0 Å². The van der Waals surface area contributed by atoms with Gasteiger partial charge in [0.25, 0.3) is 0 Å². The zero-order valence-corrected chi connectivity index (χ0v) is 13.9. The predicted molar refractivity (Wildman–Crippen MR) is 86.2 cm³/mol. The normalized spacial score (nSPS) is 15.0. The number of aromatic nitrogens is 4. The molecule has 0 N–H and O–H groups in total. The maximum atomic E-state index is 12.6. The molecule has 2 aromatic rings. The van der Waals surface area contributed by atoms with Crippen LogP contribution >= 0.6 is 0 Å². The van der Waals surface area contributed by atoms with Crippen molar-refractivity contribution >= 4 is 5.91 Å². The summed E-state index contributed by atoms with van der Waals surface area (Å²) in [5.41, 5.74) is 2.06. The van der Waals surface area contributed by atoms with E-state index in [2.05, 4.69) is 28.9 Å². The first-order chi connectivity index (χ1) is 11.0.